The molecule has 2 aromatic carbocycles. The molecule has 1 saturated heterocycles. The summed E-state index contributed by atoms with van der Waals surface area (Å²) in [5.74, 6) is -0.0801. The number of rotatable bonds is 6. The Bertz CT molecular complexity index is 1200. The van der Waals surface area contributed by atoms with Crippen molar-refractivity contribution in [1.29, 1.82) is 0 Å². The van der Waals surface area contributed by atoms with E-state index in [1.54, 1.807) is 0 Å². The number of hydrogen-bond donors (Lipinski definition) is 1. The highest BCUT2D eigenvalue weighted by Crippen LogP contribution is 2.26. The van der Waals surface area contributed by atoms with Gasteiger partial charge in [0.25, 0.3) is 5.91 Å². The number of hydrogen-bond acceptors (Lipinski definition) is 5. The number of carbonyl (C=O) groups excluding carboxylic acids is 1. The highest BCUT2D eigenvalue weighted by molar-refractivity contribution is 6.26. The van der Waals surface area contributed by atoms with Gasteiger partial charge in [-0.1, -0.05) is 60.7 Å². The number of carbonyl (C=O) groups is 1. The van der Waals surface area contributed by atoms with Gasteiger partial charge in [-0.15, -0.1) is 0 Å². The fraction of sp³-hybridized carbons (Fsp3) is 0.296. The third kappa shape index (κ3) is 4.65. The number of benzene rings is 2. The van der Waals surface area contributed by atoms with E-state index in [1.807, 2.05) is 70.4 Å². The van der Waals surface area contributed by atoms with Gasteiger partial charge in [0.2, 0.25) is 0 Å². The maximum absolute atomic E-state index is 13.9. The van der Waals surface area contributed by atoms with E-state index in [0.717, 1.165) is 29.7 Å². The van der Waals surface area contributed by atoms with E-state index in [0.29, 0.717) is 49.8 Å². The van der Waals surface area contributed by atoms with Crippen LogP contribution in [0.4, 0.5) is 0 Å². The monoisotopic (exact) mass is 455 g/mol. The molecule has 174 valence electrons. The van der Waals surface area contributed by atoms with Crippen molar-refractivity contribution in [2.75, 3.05) is 26.3 Å². The molecule has 2 aliphatic heterocycles. The normalized spacial score (nSPS) is 19.0. The minimum absolute atomic E-state index is 0.0414. The summed E-state index contributed by atoms with van der Waals surface area (Å²) >= 11 is 0. The van der Waals surface area contributed by atoms with E-state index in [9.17, 15) is 4.79 Å². The summed E-state index contributed by atoms with van der Waals surface area (Å²) in [6.45, 7) is 2.72. The van der Waals surface area contributed by atoms with E-state index in [2.05, 4.69) is 17.1 Å². The van der Waals surface area contributed by atoms with E-state index in [1.165, 1.54) is 0 Å². The zero-order valence-corrected chi connectivity index (χ0v) is 19.1. The van der Waals surface area contributed by atoms with Crippen molar-refractivity contribution in [3.63, 3.8) is 0 Å². The standard InChI is InChI=1S/C27H29N5O2/c28-26(21-10-5-2-6-11-21)25(24-19-34-17-14-29-24)27(33)32-15-7-12-22(32)18-31-16-13-23(30-31)20-8-3-1-4-9-20/h1-6,8-11,13,16,22H,7,12,14-15,17-19,28H2/t22-/m0/s1. The predicted molar refractivity (Wildman–Crippen MR) is 133 cm³/mol. The maximum atomic E-state index is 13.9. The van der Waals surface area contributed by atoms with Gasteiger partial charge in [0.1, 0.15) is 0 Å². The smallest absolute Gasteiger partial charge is 0.258 e. The molecule has 3 heterocycles. The van der Waals surface area contributed by atoms with Crippen LogP contribution in [-0.2, 0) is 16.1 Å². The zero-order valence-electron chi connectivity index (χ0n) is 19.1. The molecule has 7 nitrogen and oxygen atoms in total. The summed E-state index contributed by atoms with van der Waals surface area (Å²) < 4.78 is 7.56. The van der Waals surface area contributed by atoms with E-state index in [-0.39, 0.29) is 11.9 Å². The third-order valence-corrected chi connectivity index (χ3v) is 6.38. The van der Waals surface area contributed by atoms with Crippen molar-refractivity contribution in [3.05, 3.63) is 84.1 Å². The van der Waals surface area contributed by atoms with E-state index < -0.39 is 0 Å². The molecule has 34 heavy (non-hydrogen) atoms. The van der Waals surface area contributed by atoms with Gasteiger partial charge in [0, 0.05) is 18.3 Å². The molecule has 0 radical (unpaired) electrons. The van der Waals surface area contributed by atoms with Crippen molar-refractivity contribution in [2.24, 2.45) is 10.7 Å². The first-order valence-electron chi connectivity index (χ1n) is 11.8. The summed E-state index contributed by atoms with van der Waals surface area (Å²) in [6, 6.07) is 21.8. The zero-order chi connectivity index (χ0) is 23.3. The summed E-state index contributed by atoms with van der Waals surface area (Å²) in [4.78, 5) is 20.4. The molecule has 2 N–H and O–H groups in total. The first kappa shape index (κ1) is 22.1. The summed E-state index contributed by atoms with van der Waals surface area (Å²) in [5.41, 5.74) is 11.0. The van der Waals surface area contributed by atoms with Crippen molar-refractivity contribution in [1.82, 2.24) is 14.7 Å². The van der Waals surface area contributed by atoms with Crippen LogP contribution in [0.1, 0.15) is 18.4 Å². The second kappa shape index (κ2) is 10.1. The lowest BCUT2D eigenvalue weighted by molar-refractivity contribution is -0.127. The largest absolute Gasteiger partial charge is 0.398 e. The molecule has 0 unspecified atom stereocenters. The van der Waals surface area contributed by atoms with Gasteiger partial charge in [-0.05, 0) is 24.5 Å². The van der Waals surface area contributed by atoms with Crippen LogP contribution in [0, 0.1) is 0 Å². The first-order valence-corrected chi connectivity index (χ1v) is 11.8. The van der Waals surface area contributed by atoms with Crippen LogP contribution in [0.25, 0.3) is 17.0 Å². The molecular weight excluding hydrogens is 426 g/mol. The molecule has 1 aromatic heterocycles. The quantitative estimate of drug-likeness (QED) is 0.578. The summed E-state index contributed by atoms with van der Waals surface area (Å²) in [6.07, 6.45) is 3.86. The fourth-order valence-electron chi connectivity index (χ4n) is 4.65. The molecule has 0 bridgehead atoms. The number of likely N-dealkylation sites (tertiary alicyclic amines) is 1. The molecule has 2 aliphatic rings. The predicted octanol–water partition coefficient (Wildman–Crippen LogP) is 3.38. The number of ether oxygens (including phenoxy) is 1. The van der Waals surface area contributed by atoms with Crippen LogP contribution in [0.15, 0.2) is 83.5 Å². The van der Waals surface area contributed by atoms with Gasteiger partial charge in [0.15, 0.2) is 0 Å². The van der Waals surface area contributed by atoms with Crippen molar-refractivity contribution in [2.45, 2.75) is 25.4 Å². The molecule has 0 aliphatic carbocycles. The SMILES string of the molecule is NC(=C(C(=O)N1CCC[C@H]1Cn1ccc(-c2ccccc2)n1)C1=NCCOC1)c1ccccc1. The first-order chi connectivity index (χ1) is 16.7. The Morgan fingerprint density at radius 3 is 2.56 bits per heavy atom. The Hall–Kier alpha value is -3.71. The van der Waals surface area contributed by atoms with Gasteiger partial charge in [-0.2, -0.15) is 5.10 Å². The average molecular weight is 456 g/mol. The van der Waals surface area contributed by atoms with Crippen LogP contribution in [0.3, 0.4) is 0 Å². The molecule has 0 spiro atoms. The highest BCUT2D eigenvalue weighted by atomic mass is 16.5. The molecular formula is C27H29N5O2. The maximum Gasteiger partial charge on any atom is 0.258 e. The van der Waals surface area contributed by atoms with Crippen LogP contribution < -0.4 is 5.73 Å². The number of aliphatic imine (C=N–C) groups is 1. The summed E-state index contributed by atoms with van der Waals surface area (Å²) in [7, 11) is 0. The molecule has 1 fully saturated rings. The average Bonchev–Trinajstić information content (AvgIpc) is 3.56. The van der Waals surface area contributed by atoms with Gasteiger partial charge < -0.3 is 15.4 Å². The van der Waals surface area contributed by atoms with E-state index in [4.69, 9.17) is 15.6 Å². The number of nitrogens with two attached hydrogens (primary N) is 1. The molecule has 1 amide bonds. The Labute approximate surface area is 199 Å². The minimum atomic E-state index is -0.0801. The molecule has 0 saturated carbocycles. The highest BCUT2D eigenvalue weighted by Gasteiger charge is 2.34. The van der Waals surface area contributed by atoms with Crippen LogP contribution in [-0.4, -0.2) is 58.6 Å². The fourth-order valence-corrected chi connectivity index (χ4v) is 4.65. The van der Waals surface area contributed by atoms with Gasteiger partial charge in [-0.25, -0.2) is 0 Å². The minimum Gasteiger partial charge on any atom is -0.398 e. The Balaban J connectivity index is 1.41. The topological polar surface area (TPSA) is 85.7 Å². The molecule has 7 heteroatoms. The van der Waals surface area contributed by atoms with Crippen molar-refractivity contribution >= 4 is 17.3 Å². The number of aromatic nitrogens is 2. The van der Waals surface area contributed by atoms with Crippen molar-refractivity contribution < 1.29 is 9.53 Å². The molecule has 3 aromatic rings. The molecule has 5 rings (SSSR count). The Kier molecular flexibility index (Phi) is 6.53. The van der Waals surface area contributed by atoms with Crippen LogP contribution >= 0.6 is 0 Å². The number of nitrogens with zero attached hydrogens (tertiary/aromatic N) is 4. The lowest BCUT2D eigenvalue weighted by atomic mass is 10.0. The van der Waals surface area contributed by atoms with Gasteiger partial charge in [-0.3, -0.25) is 14.5 Å². The summed E-state index contributed by atoms with van der Waals surface area (Å²) in [5, 5.41) is 4.75. The second-order valence-corrected chi connectivity index (χ2v) is 8.62. The molecule has 1 atom stereocenters. The van der Waals surface area contributed by atoms with Gasteiger partial charge >= 0.3 is 0 Å². The second-order valence-electron chi connectivity index (χ2n) is 8.62. The van der Waals surface area contributed by atoms with E-state index >= 15 is 0 Å². The number of amides is 1. The van der Waals surface area contributed by atoms with Crippen LogP contribution in [0.2, 0.25) is 0 Å². The van der Waals surface area contributed by atoms with Crippen LogP contribution in [0.5, 0.6) is 0 Å². The lowest BCUT2D eigenvalue weighted by Gasteiger charge is -2.28. The Morgan fingerprint density at radius 1 is 1.06 bits per heavy atom. The van der Waals surface area contributed by atoms with Crippen molar-refractivity contribution in [3.8, 4) is 11.3 Å². The third-order valence-electron chi connectivity index (χ3n) is 6.38. The lowest BCUT2D eigenvalue weighted by Crippen LogP contribution is -2.42. The van der Waals surface area contributed by atoms with Gasteiger partial charge in [0.05, 0.1) is 55.0 Å². The Morgan fingerprint density at radius 2 is 1.82 bits per heavy atom.